The number of halogens is 3. The van der Waals surface area contributed by atoms with E-state index in [-0.39, 0.29) is 24.7 Å². The maximum atomic E-state index is 13.6. The molecule has 1 fully saturated rings. The van der Waals surface area contributed by atoms with Crippen molar-refractivity contribution >= 4 is 28.3 Å². The van der Waals surface area contributed by atoms with E-state index >= 15 is 0 Å². The minimum absolute atomic E-state index is 0.158. The minimum Gasteiger partial charge on any atom is -0.497 e. The third-order valence-electron chi connectivity index (χ3n) is 4.56. The van der Waals surface area contributed by atoms with Gasteiger partial charge in [0, 0.05) is 13.0 Å². The standard InChI is InChI=1S/C18H17ClF2N4O/c1-26-13-4-2-12(3-5-13)10-25-17-14(9-22-25)15(8-16(19)23-17)24-7-6-18(20,21)11-24/h2-5,8-9H,6-7,10-11H2,1H3. The van der Waals surface area contributed by atoms with Crippen LogP contribution < -0.4 is 9.64 Å². The van der Waals surface area contributed by atoms with E-state index in [2.05, 4.69) is 10.1 Å². The van der Waals surface area contributed by atoms with Gasteiger partial charge in [-0.25, -0.2) is 18.4 Å². The maximum absolute atomic E-state index is 13.6. The third-order valence-corrected chi connectivity index (χ3v) is 4.75. The van der Waals surface area contributed by atoms with Gasteiger partial charge in [0.05, 0.1) is 37.5 Å². The lowest BCUT2D eigenvalue weighted by Crippen LogP contribution is -2.25. The summed E-state index contributed by atoms with van der Waals surface area (Å²) >= 11 is 6.16. The summed E-state index contributed by atoms with van der Waals surface area (Å²) in [6, 6.07) is 9.26. The van der Waals surface area contributed by atoms with E-state index in [0.717, 1.165) is 16.7 Å². The highest BCUT2D eigenvalue weighted by Crippen LogP contribution is 2.35. The third kappa shape index (κ3) is 3.19. The molecule has 136 valence electrons. The normalized spacial score (nSPS) is 16.4. The molecule has 3 aromatic rings. The van der Waals surface area contributed by atoms with Gasteiger partial charge in [-0.2, -0.15) is 5.10 Å². The van der Waals surface area contributed by atoms with E-state index in [0.29, 0.717) is 17.9 Å². The van der Waals surface area contributed by atoms with Crippen LogP contribution in [0.4, 0.5) is 14.5 Å². The second kappa shape index (κ2) is 6.39. The highest BCUT2D eigenvalue weighted by molar-refractivity contribution is 6.30. The average Bonchev–Trinajstić information content (AvgIpc) is 3.18. The molecule has 0 bridgehead atoms. The fourth-order valence-electron chi connectivity index (χ4n) is 3.22. The molecular weight excluding hydrogens is 362 g/mol. The Morgan fingerprint density at radius 2 is 2.04 bits per heavy atom. The molecule has 3 heterocycles. The lowest BCUT2D eigenvalue weighted by Gasteiger charge is -2.19. The summed E-state index contributed by atoms with van der Waals surface area (Å²) in [6.45, 7) is 0.467. The van der Waals surface area contributed by atoms with Gasteiger partial charge >= 0.3 is 0 Å². The van der Waals surface area contributed by atoms with E-state index in [1.54, 1.807) is 29.0 Å². The fraction of sp³-hybridized carbons (Fsp3) is 0.333. The van der Waals surface area contributed by atoms with Crippen molar-refractivity contribution in [3.05, 3.63) is 47.2 Å². The molecule has 0 spiro atoms. The van der Waals surface area contributed by atoms with E-state index in [9.17, 15) is 8.78 Å². The van der Waals surface area contributed by atoms with Gasteiger partial charge < -0.3 is 9.64 Å². The van der Waals surface area contributed by atoms with Crippen LogP contribution in [0.3, 0.4) is 0 Å². The summed E-state index contributed by atoms with van der Waals surface area (Å²) < 4.78 is 34.1. The van der Waals surface area contributed by atoms with Gasteiger partial charge in [0.25, 0.3) is 5.92 Å². The number of anilines is 1. The molecule has 2 aromatic heterocycles. The van der Waals surface area contributed by atoms with Crippen molar-refractivity contribution in [2.45, 2.75) is 18.9 Å². The Bertz CT molecular complexity index is 942. The first-order valence-electron chi connectivity index (χ1n) is 8.23. The number of nitrogens with zero attached hydrogens (tertiary/aromatic N) is 4. The molecule has 5 nitrogen and oxygen atoms in total. The Labute approximate surface area is 154 Å². The largest absolute Gasteiger partial charge is 0.497 e. The first-order valence-corrected chi connectivity index (χ1v) is 8.61. The highest BCUT2D eigenvalue weighted by atomic mass is 35.5. The zero-order chi connectivity index (χ0) is 18.3. The van der Waals surface area contributed by atoms with Gasteiger partial charge in [0.1, 0.15) is 10.9 Å². The van der Waals surface area contributed by atoms with Crippen LogP contribution >= 0.6 is 11.6 Å². The predicted molar refractivity (Wildman–Crippen MR) is 96.4 cm³/mol. The van der Waals surface area contributed by atoms with Crippen molar-refractivity contribution in [2.24, 2.45) is 0 Å². The minimum atomic E-state index is -2.68. The second-order valence-electron chi connectivity index (χ2n) is 6.38. The van der Waals surface area contributed by atoms with Gasteiger partial charge in [-0.3, -0.25) is 0 Å². The van der Waals surface area contributed by atoms with Crippen molar-refractivity contribution in [3.8, 4) is 5.75 Å². The van der Waals surface area contributed by atoms with Gasteiger partial charge in [-0.15, -0.1) is 0 Å². The Kier molecular flexibility index (Phi) is 4.19. The van der Waals surface area contributed by atoms with Crippen LogP contribution in [-0.4, -0.2) is 40.9 Å². The van der Waals surface area contributed by atoms with E-state index in [1.165, 1.54) is 0 Å². The summed E-state index contributed by atoms with van der Waals surface area (Å²) in [5.74, 6) is -1.90. The Morgan fingerprint density at radius 3 is 2.69 bits per heavy atom. The number of benzene rings is 1. The maximum Gasteiger partial charge on any atom is 0.266 e. The lowest BCUT2D eigenvalue weighted by atomic mass is 10.2. The Hall–Kier alpha value is -2.41. The van der Waals surface area contributed by atoms with Crippen LogP contribution in [0.2, 0.25) is 5.15 Å². The molecule has 0 amide bonds. The molecule has 1 aromatic carbocycles. The van der Waals surface area contributed by atoms with Gasteiger partial charge in [0.15, 0.2) is 5.65 Å². The smallest absolute Gasteiger partial charge is 0.266 e. The van der Waals surface area contributed by atoms with Crippen molar-refractivity contribution in [1.82, 2.24) is 14.8 Å². The molecule has 4 rings (SSSR count). The molecular formula is C18H17ClF2N4O. The van der Waals surface area contributed by atoms with Crippen molar-refractivity contribution in [3.63, 3.8) is 0 Å². The number of alkyl halides is 2. The Morgan fingerprint density at radius 1 is 1.27 bits per heavy atom. The summed E-state index contributed by atoms with van der Waals surface area (Å²) in [5.41, 5.74) is 2.25. The Balaban J connectivity index is 1.69. The molecule has 0 saturated carbocycles. The SMILES string of the molecule is COc1ccc(Cn2ncc3c(N4CCC(F)(F)C4)cc(Cl)nc32)cc1. The zero-order valence-electron chi connectivity index (χ0n) is 14.1. The molecule has 0 radical (unpaired) electrons. The summed E-state index contributed by atoms with van der Waals surface area (Å²) in [6.07, 6.45) is 1.50. The molecule has 1 aliphatic heterocycles. The molecule has 1 aliphatic rings. The number of fused-ring (bicyclic) bond motifs is 1. The van der Waals surface area contributed by atoms with Crippen LogP contribution in [0.1, 0.15) is 12.0 Å². The number of aromatic nitrogens is 3. The summed E-state index contributed by atoms with van der Waals surface area (Å²) in [7, 11) is 1.62. The fourth-order valence-corrected chi connectivity index (χ4v) is 3.41. The van der Waals surface area contributed by atoms with Crippen molar-refractivity contribution in [2.75, 3.05) is 25.1 Å². The van der Waals surface area contributed by atoms with E-state index < -0.39 is 5.92 Å². The monoisotopic (exact) mass is 378 g/mol. The van der Waals surface area contributed by atoms with Crippen LogP contribution in [0, 0.1) is 0 Å². The van der Waals surface area contributed by atoms with Gasteiger partial charge in [-0.1, -0.05) is 23.7 Å². The quantitative estimate of drug-likeness (QED) is 0.644. The lowest BCUT2D eigenvalue weighted by molar-refractivity contribution is 0.0257. The van der Waals surface area contributed by atoms with Crippen LogP contribution in [0.5, 0.6) is 5.75 Å². The first-order chi connectivity index (χ1) is 12.4. The number of pyridine rings is 1. The second-order valence-corrected chi connectivity index (χ2v) is 6.77. The van der Waals surface area contributed by atoms with Crippen LogP contribution in [-0.2, 0) is 6.54 Å². The first kappa shape index (κ1) is 17.0. The van der Waals surface area contributed by atoms with Crippen molar-refractivity contribution in [1.29, 1.82) is 0 Å². The number of methoxy groups -OCH3 is 1. The topological polar surface area (TPSA) is 43.2 Å². The number of hydrogen-bond acceptors (Lipinski definition) is 4. The molecule has 0 atom stereocenters. The summed E-state index contributed by atoms with van der Waals surface area (Å²) in [4.78, 5) is 6.01. The van der Waals surface area contributed by atoms with Gasteiger partial charge in [0.2, 0.25) is 0 Å². The highest BCUT2D eigenvalue weighted by Gasteiger charge is 2.39. The number of rotatable bonds is 4. The van der Waals surface area contributed by atoms with Crippen LogP contribution in [0.15, 0.2) is 36.5 Å². The van der Waals surface area contributed by atoms with Crippen LogP contribution in [0.25, 0.3) is 11.0 Å². The molecule has 0 aliphatic carbocycles. The average molecular weight is 379 g/mol. The number of ether oxygens (including phenoxy) is 1. The molecule has 0 unspecified atom stereocenters. The molecule has 8 heteroatoms. The van der Waals surface area contributed by atoms with Crippen molar-refractivity contribution < 1.29 is 13.5 Å². The molecule has 1 saturated heterocycles. The van der Waals surface area contributed by atoms with E-state index in [4.69, 9.17) is 16.3 Å². The number of hydrogen-bond donors (Lipinski definition) is 0. The van der Waals surface area contributed by atoms with Gasteiger partial charge in [-0.05, 0) is 23.8 Å². The molecule has 0 N–H and O–H groups in total. The zero-order valence-corrected chi connectivity index (χ0v) is 14.9. The molecule has 26 heavy (non-hydrogen) atoms. The summed E-state index contributed by atoms with van der Waals surface area (Å²) in [5, 5.41) is 5.38. The van der Waals surface area contributed by atoms with E-state index in [1.807, 2.05) is 24.3 Å². The predicted octanol–water partition coefficient (Wildman–Crippen LogP) is 3.99.